The molecule has 0 aliphatic carbocycles. The van der Waals surface area contributed by atoms with E-state index in [1.807, 2.05) is 18.2 Å². The first-order chi connectivity index (χ1) is 4.34. The zero-order valence-electron chi connectivity index (χ0n) is 4.77. The van der Waals surface area contributed by atoms with Crippen molar-refractivity contribution in [2.45, 2.75) is 0 Å². The predicted molar refractivity (Wildman–Crippen MR) is 45.4 cm³/mol. The van der Waals surface area contributed by atoms with E-state index in [-0.39, 0.29) is 0 Å². The first-order valence-electron chi connectivity index (χ1n) is 2.64. The maximum atomic E-state index is 5.74. The maximum Gasteiger partial charge on any atom is 0.539 e. The lowest BCUT2D eigenvalue weighted by molar-refractivity contribution is 1.72. The molecule has 44 valence electrons. The molecular weight excluding hydrogens is 212 g/mol. The fourth-order valence-corrected chi connectivity index (χ4v) is 2.97. The molecule has 1 aromatic rings. The summed E-state index contributed by atoms with van der Waals surface area (Å²) in [6.07, 6.45) is 0. The van der Waals surface area contributed by atoms with Gasteiger partial charge in [-0.15, -0.1) is 3.69 Å². The van der Waals surface area contributed by atoms with Gasteiger partial charge in [0.15, 0.2) is 0 Å². The van der Waals surface area contributed by atoms with Crippen molar-refractivity contribution in [1.29, 1.82) is 0 Å². The van der Waals surface area contributed by atoms with Crippen molar-refractivity contribution in [3.05, 3.63) is 28.7 Å². The molecule has 0 bridgehead atoms. The molecule has 0 nitrogen and oxygen atoms in total. The van der Waals surface area contributed by atoms with Crippen LogP contribution < -0.4 is 3.69 Å². The van der Waals surface area contributed by atoms with E-state index >= 15 is 0 Å². The molecule has 0 amide bonds. The first-order valence-corrected chi connectivity index (χ1v) is 6.28. The van der Waals surface area contributed by atoms with Gasteiger partial charge >= 0.3 is 19.3 Å². The van der Waals surface area contributed by atoms with Gasteiger partial charge in [-0.1, -0.05) is 40.2 Å². The Morgan fingerprint density at radius 1 is 1.33 bits per heavy atom. The molecule has 0 aliphatic rings. The molecule has 0 heterocycles. The van der Waals surface area contributed by atoms with Gasteiger partial charge in [0.25, 0.3) is 0 Å². The minimum Gasteiger partial charge on any atom is -0.336 e. The lowest BCUT2D eigenvalue weighted by Crippen LogP contribution is -2.08. The summed E-state index contributed by atoms with van der Waals surface area (Å²) >= 11 is 2.89. The Hall–Kier alpha value is 0.756. The van der Waals surface area contributed by atoms with Crippen LogP contribution in [-0.4, -0.2) is 19.3 Å². The molecule has 0 saturated carbocycles. The van der Waals surface area contributed by atoms with Gasteiger partial charge in [0.05, 0.1) is 0 Å². The zero-order chi connectivity index (χ0) is 6.69. The van der Waals surface area contributed by atoms with Gasteiger partial charge in [0, 0.05) is 0 Å². The molecule has 0 radical (unpaired) electrons. The summed E-state index contributed by atoms with van der Waals surface area (Å²) < 4.78 is 2.42. The molecule has 9 heavy (non-hydrogen) atoms. The molecule has 0 saturated heterocycles. The fraction of sp³-hybridized carbons (Fsp3) is 0. The smallest absolute Gasteiger partial charge is 0.336 e. The van der Waals surface area contributed by atoms with E-state index in [9.17, 15) is 0 Å². The first kappa shape index (κ1) is 7.86. The lowest BCUT2D eigenvalue weighted by atomic mass is 10.4. The summed E-state index contributed by atoms with van der Waals surface area (Å²) in [6.45, 7) is 0. The molecule has 1 aromatic carbocycles. The van der Waals surface area contributed by atoms with Crippen LogP contribution in [0.1, 0.15) is 0 Å². The van der Waals surface area contributed by atoms with E-state index in [2.05, 4.69) is 22.0 Å². The van der Waals surface area contributed by atoms with Gasteiger partial charge in [-0.2, -0.15) is 0 Å². The van der Waals surface area contributed by atoms with Gasteiger partial charge in [0.1, 0.15) is 0 Å². The quantitative estimate of drug-likeness (QED) is 0.629. The SMILES string of the molecule is [Cl][Mg][c]1ccccc1Br. The standard InChI is InChI=1S/C6H4Br.ClH.Mg/c7-6-4-2-1-3-5-6;;/h1-4H;1H;/q;;+1/p-1. The van der Waals surface area contributed by atoms with Crippen LogP contribution in [0, 0.1) is 0 Å². The second kappa shape index (κ2) is 3.81. The summed E-state index contributed by atoms with van der Waals surface area (Å²) in [7, 11) is 5.74. The van der Waals surface area contributed by atoms with Crippen molar-refractivity contribution >= 4 is 48.0 Å². The summed E-state index contributed by atoms with van der Waals surface area (Å²) in [4.78, 5) is 0. The summed E-state index contributed by atoms with van der Waals surface area (Å²) in [6, 6.07) is 8.08. The van der Waals surface area contributed by atoms with Crippen molar-refractivity contribution < 1.29 is 0 Å². The Kier molecular flexibility index (Phi) is 3.33. The van der Waals surface area contributed by atoms with Crippen LogP contribution in [-0.2, 0) is 0 Å². The topological polar surface area (TPSA) is 0 Å². The van der Waals surface area contributed by atoms with Gasteiger partial charge in [-0.25, -0.2) is 0 Å². The largest absolute Gasteiger partial charge is 0.539 e. The third kappa shape index (κ3) is 2.11. The fourth-order valence-electron chi connectivity index (χ4n) is 0.607. The summed E-state index contributed by atoms with van der Waals surface area (Å²) in [5.74, 6) is 0. The molecule has 0 atom stereocenters. The number of halogens is 2. The van der Waals surface area contributed by atoms with E-state index in [1.54, 1.807) is 0 Å². The van der Waals surface area contributed by atoms with E-state index < -0.39 is 19.3 Å². The number of hydrogen-bond acceptors (Lipinski definition) is 0. The minimum atomic E-state index is -0.512. The summed E-state index contributed by atoms with van der Waals surface area (Å²) in [5.41, 5.74) is 0. The van der Waals surface area contributed by atoms with Crippen molar-refractivity contribution in [2.24, 2.45) is 0 Å². The molecule has 0 fully saturated rings. The van der Waals surface area contributed by atoms with Crippen molar-refractivity contribution in [3.8, 4) is 0 Å². The van der Waals surface area contributed by atoms with E-state index in [0.29, 0.717) is 0 Å². The van der Waals surface area contributed by atoms with Crippen molar-refractivity contribution in [1.82, 2.24) is 0 Å². The Labute approximate surface area is 76.2 Å². The van der Waals surface area contributed by atoms with Crippen LogP contribution in [0.4, 0.5) is 0 Å². The molecule has 0 unspecified atom stereocenters. The molecular formula is C6H4BrClMg. The van der Waals surface area contributed by atoms with Gasteiger partial charge in [-0.05, 0) is 4.47 Å². The van der Waals surface area contributed by atoms with E-state index in [4.69, 9.17) is 9.07 Å². The van der Waals surface area contributed by atoms with Crippen LogP contribution >= 0.6 is 25.0 Å². The van der Waals surface area contributed by atoms with Gasteiger partial charge in [0.2, 0.25) is 0 Å². The van der Waals surface area contributed by atoms with E-state index in [1.165, 1.54) is 3.69 Å². The third-order valence-electron chi connectivity index (χ3n) is 1.10. The average molecular weight is 216 g/mol. The normalized spacial score (nSPS) is 8.67. The second-order valence-corrected chi connectivity index (χ2v) is 4.41. The molecule has 3 heteroatoms. The molecule has 0 spiro atoms. The van der Waals surface area contributed by atoms with Gasteiger partial charge in [-0.3, -0.25) is 0 Å². The lowest BCUT2D eigenvalue weighted by Gasteiger charge is -1.95. The molecule has 0 aromatic heterocycles. The highest BCUT2D eigenvalue weighted by molar-refractivity contribution is 9.10. The Morgan fingerprint density at radius 2 is 2.00 bits per heavy atom. The van der Waals surface area contributed by atoms with Crippen molar-refractivity contribution in [2.75, 3.05) is 0 Å². The Bertz CT molecular complexity index is 202. The monoisotopic (exact) mass is 214 g/mol. The predicted octanol–water partition coefficient (Wildman–Crippen LogP) is 1.93. The highest BCUT2D eigenvalue weighted by Crippen LogP contribution is 2.04. The average Bonchev–Trinajstić information content (AvgIpc) is 1.89. The van der Waals surface area contributed by atoms with Crippen LogP contribution in [0.3, 0.4) is 0 Å². The minimum absolute atomic E-state index is 0.512. The second-order valence-electron chi connectivity index (χ2n) is 1.73. The summed E-state index contributed by atoms with van der Waals surface area (Å²) in [5, 5.41) is 0. The third-order valence-corrected chi connectivity index (χ3v) is 4.16. The highest BCUT2D eigenvalue weighted by atomic mass is 79.9. The highest BCUT2D eigenvalue weighted by Gasteiger charge is 1.97. The molecule has 1 rings (SSSR count). The number of rotatable bonds is 1. The number of benzene rings is 1. The van der Waals surface area contributed by atoms with Gasteiger partial charge < -0.3 is 9.07 Å². The Balaban J connectivity index is 3.01. The maximum absolute atomic E-state index is 5.74. The van der Waals surface area contributed by atoms with Crippen LogP contribution in [0.25, 0.3) is 0 Å². The Morgan fingerprint density at radius 3 is 2.44 bits per heavy atom. The van der Waals surface area contributed by atoms with Crippen LogP contribution in [0.2, 0.25) is 0 Å². The zero-order valence-corrected chi connectivity index (χ0v) is 8.53. The van der Waals surface area contributed by atoms with Crippen molar-refractivity contribution in [3.63, 3.8) is 0 Å². The molecule has 0 N–H and O–H groups in total. The number of hydrogen-bond donors (Lipinski definition) is 0. The van der Waals surface area contributed by atoms with Crippen LogP contribution in [0.5, 0.6) is 0 Å². The molecule has 0 aliphatic heterocycles. The van der Waals surface area contributed by atoms with Crippen LogP contribution in [0.15, 0.2) is 28.7 Å². The van der Waals surface area contributed by atoms with E-state index in [0.717, 1.165) is 4.47 Å².